The van der Waals surface area contributed by atoms with Gasteiger partial charge in [0.2, 0.25) is 0 Å². The Morgan fingerprint density at radius 3 is 2.57 bits per heavy atom. The molecule has 1 heterocycles. The quantitative estimate of drug-likeness (QED) is 0.344. The Morgan fingerprint density at radius 1 is 1.17 bits per heavy atom. The number of aromatic hydroxyl groups is 1. The number of aldehydes is 1. The summed E-state index contributed by atoms with van der Waals surface area (Å²) in [5.74, 6) is 0.667. The number of hydrogen-bond donors (Lipinski definition) is 1. The normalized spacial score (nSPS) is 11.8. The van der Waals surface area contributed by atoms with Gasteiger partial charge in [0.05, 0.1) is 12.7 Å². The number of hydrogen-bond acceptors (Lipinski definition) is 6. The number of phenolic OH excluding ortho intramolecular Hbond substituents is 1. The molecule has 0 bridgehead atoms. The van der Waals surface area contributed by atoms with E-state index >= 15 is 0 Å². The second-order valence-electron chi connectivity index (χ2n) is 6.84. The highest BCUT2D eigenvalue weighted by atomic mass is 16.5. The number of nitrogens with zero attached hydrogens (tertiary/aromatic N) is 1. The lowest BCUT2D eigenvalue weighted by Gasteiger charge is -2.19. The van der Waals surface area contributed by atoms with E-state index in [4.69, 9.17) is 9.15 Å². The van der Waals surface area contributed by atoms with Crippen molar-refractivity contribution in [3.8, 4) is 11.5 Å². The number of phenols is 1. The van der Waals surface area contributed by atoms with E-state index in [0.29, 0.717) is 46.2 Å². The molecule has 1 N–H and O–H groups in total. The molecule has 0 atom stereocenters. The first-order valence-electron chi connectivity index (χ1n) is 9.83. The third kappa shape index (κ3) is 4.28. The van der Waals surface area contributed by atoms with E-state index in [0.717, 1.165) is 13.1 Å². The lowest BCUT2D eigenvalue weighted by atomic mass is 9.98. The van der Waals surface area contributed by atoms with Crippen molar-refractivity contribution in [2.24, 2.45) is 0 Å². The van der Waals surface area contributed by atoms with E-state index in [1.54, 1.807) is 31.4 Å². The molecule has 0 spiro atoms. The Hall–Kier alpha value is -3.38. The van der Waals surface area contributed by atoms with Crippen molar-refractivity contribution in [1.29, 1.82) is 0 Å². The lowest BCUT2D eigenvalue weighted by Crippen LogP contribution is -2.22. The third-order valence-electron chi connectivity index (χ3n) is 5.15. The van der Waals surface area contributed by atoms with Gasteiger partial charge in [-0.15, -0.1) is 0 Å². The molecule has 0 fully saturated rings. The average molecular weight is 407 g/mol. The molecule has 3 rings (SSSR count). The average Bonchev–Trinajstić information content (AvgIpc) is 2.76. The van der Waals surface area contributed by atoms with Gasteiger partial charge in [-0.25, -0.2) is 4.79 Å². The number of benzene rings is 2. The minimum absolute atomic E-state index is 0.0519. The van der Waals surface area contributed by atoms with E-state index in [9.17, 15) is 14.7 Å². The predicted octanol–water partition coefficient (Wildman–Crippen LogP) is 4.09. The standard InChI is InChI=1S/C24H25NO5/c1-4-25(5-2)14-20-21(27)11-10-18-19(13-23(28)30-24(18)20)17(15-26)12-16-8-6-7-9-22(16)29-3/h6-13,15,27H,4-5,14H2,1-3H3/b17-12+. The number of rotatable bonds is 8. The molecule has 1 aromatic heterocycles. The highest BCUT2D eigenvalue weighted by Crippen LogP contribution is 2.33. The van der Waals surface area contributed by atoms with Crippen molar-refractivity contribution in [3.63, 3.8) is 0 Å². The Kier molecular flexibility index (Phi) is 6.69. The number of carbonyl (C=O) groups excluding carboxylic acids is 1. The molecule has 0 aliphatic rings. The van der Waals surface area contributed by atoms with Gasteiger partial charge in [0.15, 0.2) is 6.29 Å². The summed E-state index contributed by atoms with van der Waals surface area (Å²) in [6, 6.07) is 11.8. The molecule has 0 amide bonds. The summed E-state index contributed by atoms with van der Waals surface area (Å²) >= 11 is 0. The predicted molar refractivity (Wildman–Crippen MR) is 118 cm³/mol. The Morgan fingerprint density at radius 2 is 1.90 bits per heavy atom. The molecular weight excluding hydrogens is 382 g/mol. The largest absolute Gasteiger partial charge is 0.507 e. The zero-order valence-electron chi connectivity index (χ0n) is 17.3. The monoisotopic (exact) mass is 407 g/mol. The van der Waals surface area contributed by atoms with Crippen LogP contribution in [0.2, 0.25) is 0 Å². The summed E-state index contributed by atoms with van der Waals surface area (Å²) in [6.07, 6.45) is 2.38. The molecule has 156 valence electrons. The van der Waals surface area contributed by atoms with Crippen LogP contribution in [0, 0.1) is 0 Å². The van der Waals surface area contributed by atoms with Crippen LogP contribution in [-0.2, 0) is 11.3 Å². The van der Waals surface area contributed by atoms with E-state index in [1.807, 2.05) is 32.0 Å². The van der Waals surface area contributed by atoms with E-state index in [2.05, 4.69) is 4.90 Å². The number of para-hydroxylation sites is 1. The summed E-state index contributed by atoms with van der Waals surface area (Å²) in [5.41, 5.74) is 1.71. The Bertz CT molecular complexity index is 1140. The van der Waals surface area contributed by atoms with E-state index < -0.39 is 5.63 Å². The number of ether oxygens (including phenoxy) is 1. The summed E-state index contributed by atoms with van der Waals surface area (Å²) in [5, 5.41) is 11.0. The fraction of sp³-hybridized carbons (Fsp3) is 0.250. The van der Waals surface area contributed by atoms with E-state index in [1.165, 1.54) is 6.07 Å². The maximum Gasteiger partial charge on any atom is 0.336 e. The summed E-state index contributed by atoms with van der Waals surface area (Å²) in [4.78, 5) is 26.4. The van der Waals surface area contributed by atoms with Crippen molar-refractivity contribution in [1.82, 2.24) is 4.90 Å². The second kappa shape index (κ2) is 9.41. The molecule has 6 nitrogen and oxygen atoms in total. The third-order valence-corrected chi connectivity index (χ3v) is 5.15. The van der Waals surface area contributed by atoms with Crippen LogP contribution in [0.25, 0.3) is 22.6 Å². The Labute approximate surface area is 175 Å². The summed E-state index contributed by atoms with van der Waals surface area (Å²) in [6.45, 7) is 6.03. The van der Waals surface area contributed by atoms with Crippen LogP contribution in [0.1, 0.15) is 30.5 Å². The zero-order valence-corrected chi connectivity index (χ0v) is 17.3. The molecule has 2 aromatic carbocycles. The minimum Gasteiger partial charge on any atom is -0.507 e. The SMILES string of the molecule is CCN(CC)Cc1c(O)ccc2c(/C(C=O)=C/c3ccccc3OC)cc(=O)oc12. The topological polar surface area (TPSA) is 80.0 Å². The maximum atomic E-state index is 12.4. The van der Waals surface area contributed by atoms with Gasteiger partial charge in [-0.1, -0.05) is 32.0 Å². The van der Waals surface area contributed by atoms with Gasteiger partial charge < -0.3 is 14.3 Å². The molecule has 6 heteroatoms. The van der Waals surface area contributed by atoms with Crippen molar-refractivity contribution < 1.29 is 19.1 Å². The molecule has 0 radical (unpaired) electrons. The van der Waals surface area contributed by atoms with Crippen LogP contribution in [0.15, 0.2) is 51.7 Å². The molecule has 0 aliphatic heterocycles. The zero-order chi connectivity index (χ0) is 21.7. The molecule has 0 unspecified atom stereocenters. The van der Waals surface area contributed by atoms with Gasteiger partial charge in [-0.2, -0.15) is 0 Å². The molecule has 0 saturated carbocycles. The first-order valence-corrected chi connectivity index (χ1v) is 9.83. The van der Waals surface area contributed by atoms with Crippen molar-refractivity contribution >= 4 is 28.9 Å². The van der Waals surface area contributed by atoms with Crippen molar-refractivity contribution in [2.45, 2.75) is 20.4 Å². The smallest absolute Gasteiger partial charge is 0.336 e. The van der Waals surface area contributed by atoms with Crippen LogP contribution >= 0.6 is 0 Å². The van der Waals surface area contributed by atoms with Crippen molar-refractivity contribution in [2.75, 3.05) is 20.2 Å². The first-order chi connectivity index (χ1) is 14.5. The van der Waals surface area contributed by atoms with Crippen LogP contribution in [0.5, 0.6) is 11.5 Å². The maximum absolute atomic E-state index is 12.4. The molecule has 0 saturated heterocycles. The van der Waals surface area contributed by atoms with Gasteiger partial charge in [-0.05, 0) is 37.4 Å². The highest BCUT2D eigenvalue weighted by Gasteiger charge is 2.17. The number of fused-ring (bicyclic) bond motifs is 1. The number of methoxy groups -OCH3 is 1. The van der Waals surface area contributed by atoms with Gasteiger partial charge in [0.1, 0.15) is 17.1 Å². The fourth-order valence-corrected chi connectivity index (χ4v) is 3.46. The lowest BCUT2D eigenvalue weighted by molar-refractivity contribution is -0.103. The number of allylic oxidation sites excluding steroid dienone is 1. The highest BCUT2D eigenvalue weighted by molar-refractivity contribution is 6.17. The van der Waals surface area contributed by atoms with Crippen LogP contribution in [0.4, 0.5) is 0 Å². The van der Waals surface area contributed by atoms with Gasteiger partial charge in [-0.3, -0.25) is 9.69 Å². The van der Waals surface area contributed by atoms with E-state index in [-0.39, 0.29) is 11.3 Å². The molecule has 30 heavy (non-hydrogen) atoms. The Balaban J connectivity index is 2.24. The van der Waals surface area contributed by atoms with Crippen LogP contribution in [-0.4, -0.2) is 36.5 Å². The summed E-state index contributed by atoms with van der Waals surface area (Å²) in [7, 11) is 1.56. The first kappa shape index (κ1) is 21.3. The van der Waals surface area contributed by atoms with Gasteiger partial charge in [0.25, 0.3) is 0 Å². The minimum atomic E-state index is -0.586. The molecule has 0 aliphatic carbocycles. The number of carbonyl (C=O) groups is 1. The second-order valence-corrected chi connectivity index (χ2v) is 6.84. The summed E-state index contributed by atoms with van der Waals surface area (Å²) < 4.78 is 10.8. The van der Waals surface area contributed by atoms with Crippen molar-refractivity contribution in [3.05, 3.63) is 69.6 Å². The fourth-order valence-electron chi connectivity index (χ4n) is 3.46. The molecule has 3 aromatic rings. The molecular formula is C24H25NO5. The van der Waals surface area contributed by atoms with Crippen LogP contribution < -0.4 is 10.4 Å². The van der Waals surface area contributed by atoms with Crippen LogP contribution in [0.3, 0.4) is 0 Å². The van der Waals surface area contributed by atoms with Gasteiger partial charge >= 0.3 is 5.63 Å². The van der Waals surface area contributed by atoms with Gasteiger partial charge in [0, 0.05) is 34.7 Å².